The van der Waals surface area contributed by atoms with Crippen LogP contribution in [0.4, 0.5) is 11.4 Å². The van der Waals surface area contributed by atoms with Crippen LogP contribution in [0.2, 0.25) is 0 Å². The molecule has 8 nitrogen and oxygen atoms in total. The number of hydrogen-bond acceptors (Lipinski definition) is 5. The number of nitrogens with one attached hydrogen (secondary N) is 1. The number of nitro benzene ring substituents is 1. The van der Waals surface area contributed by atoms with Gasteiger partial charge in [-0.3, -0.25) is 19.6 Å². The smallest absolute Gasteiger partial charge is 0.270 e. The zero-order chi connectivity index (χ0) is 15.6. The van der Waals surface area contributed by atoms with Gasteiger partial charge in [-0.1, -0.05) is 0 Å². The van der Waals surface area contributed by atoms with E-state index in [9.17, 15) is 14.9 Å². The fourth-order valence-electron chi connectivity index (χ4n) is 1.68. The van der Waals surface area contributed by atoms with Crippen LogP contribution >= 0.6 is 15.9 Å². The third kappa shape index (κ3) is 3.44. The molecule has 0 spiro atoms. The van der Waals surface area contributed by atoms with Crippen molar-refractivity contribution in [3.8, 4) is 0 Å². The Hall–Kier alpha value is -2.26. The Labute approximate surface area is 128 Å². The van der Waals surface area contributed by atoms with Crippen molar-refractivity contribution in [1.29, 1.82) is 0 Å². The van der Waals surface area contributed by atoms with E-state index in [0.29, 0.717) is 15.7 Å². The number of carbonyl (C=O) groups is 1. The predicted molar refractivity (Wildman–Crippen MR) is 79.6 cm³/mol. The van der Waals surface area contributed by atoms with Crippen LogP contribution in [0.15, 0.2) is 35.1 Å². The number of nitrogens with zero attached hydrogens (tertiary/aromatic N) is 3. The van der Waals surface area contributed by atoms with Crippen molar-refractivity contribution in [1.82, 2.24) is 9.78 Å². The summed E-state index contributed by atoms with van der Waals surface area (Å²) in [6.07, 6.45) is 3.16. The lowest BCUT2D eigenvalue weighted by Crippen LogP contribution is -2.27. The predicted octanol–water partition coefficient (Wildman–Crippen LogP) is 1.73. The van der Waals surface area contributed by atoms with Crippen molar-refractivity contribution in [2.75, 3.05) is 5.32 Å². The van der Waals surface area contributed by atoms with Crippen molar-refractivity contribution in [3.63, 3.8) is 0 Å². The van der Waals surface area contributed by atoms with E-state index in [1.54, 1.807) is 17.9 Å². The van der Waals surface area contributed by atoms with Crippen LogP contribution in [-0.2, 0) is 11.8 Å². The third-order valence-corrected chi connectivity index (χ3v) is 3.44. The minimum Gasteiger partial charge on any atom is -0.323 e. The number of rotatable bonds is 4. The van der Waals surface area contributed by atoms with E-state index in [-0.39, 0.29) is 5.69 Å². The summed E-state index contributed by atoms with van der Waals surface area (Å²) in [6, 6.07) is 3.18. The molecular weight excluding hydrogens is 342 g/mol. The summed E-state index contributed by atoms with van der Waals surface area (Å²) < 4.78 is 1.95. The summed E-state index contributed by atoms with van der Waals surface area (Å²) in [7, 11) is 1.72. The summed E-state index contributed by atoms with van der Waals surface area (Å²) in [5, 5.41) is 17.2. The van der Waals surface area contributed by atoms with Crippen LogP contribution in [0.5, 0.6) is 0 Å². The van der Waals surface area contributed by atoms with Gasteiger partial charge in [0.05, 0.1) is 16.8 Å². The maximum Gasteiger partial charge on any atom is 0.270 e. The van der Waals surface area contributed by atoms with Gasteiger partial charge in [-0.05, 0) is 22.0 Å². The van der Waals surface area contributed by atoms with Gasteiger partial charge in [-0.15, -0.1) is 0 Å². The van der Waals surface area contributed by atoms with Crippen LogP contribution in [0.25, 0.3) is 0 Å². The average Bonchev–Trinajstić information content (AvgIpc) is 2.86. The quantitative estimate of drug-likeness (QED) is 0.641. The lowest BCUT2D eigenvalue weighted by Gasteiger charge is -2.11. The third-order valence-electron chi connectivity index (χ3n) is 2.79. The average molecular weight is 354 g/mol. The molecule has 3 N–H and O–H groups in total. The Kier molecular flexibility index (Phi) is 4.34. The summed E-state index contributed by atoms with van der Waals surface area (Å²) in [4.78, 5) is 22.2. The molecule has 0 fully saturated rings. The second-order valence-electron chi connectivity index (χ2n) is 4.34. The first-order valence-electron chi connectivity index (χ1n) is 5.87. The van der Waals surface area contributed by atoms with Gasteiger partial charge < -0.3 is 11.1 Å². The molecule has 1 amide bonds. The summed E-state index contributed by atoms with van der Waals surface area (Å²) in [6.45, 7) is 0. The first-order chi connectivity index (χ1) is 9.88. The Balaban J connectivity index is 2.14. The van der Waals surface area contributed by atoms with E-state index in [1.165, 1.54) is 24.4 Å². The van der Waals surface area contributed by atoms with Gasteiger partial charge in [0.15, 0.2) is 0 Å². The Morgan fingerprint density at radius 2 is 2.29 bits per heavy atom. The van der Waals surface area contributed by atoms with Crippen LogP contribution in [0.1, 0.15) is 11.6 Å². The zero-order valence-corrected chi connectivity index (χ0v) is 12.6. The second-order valence-corrected chi connectivity index (χ2v) is 5.19. The SMILES string of the molecule is Cn1cc(C(N)C(=O)Nc2ccc([N+](=O)[O-])cc2Br)cn1. The highest BCUT2D eigenvalue weighted by Crippen LogP contribution is 2.27. The zero-order valence-electron chi connectivity index (χ0n) is 11.0. The molecule has 1 atom stereocenters. The monoisotopic (exact) mass is 353 g/mol. The van der Waals surface area contributed by atoms with Gasteiger partial charge in [-0.2, -0.15) is 5.10 Å². The van der Waals surface area contributed by atoms with Crippen molar-refractivity contribution in [2.24, 2.45) is 12.8 Å². The fraction of sp³-hybridized carbons (Fsp3) is 0.167. The number of non-ortho nitro benzene ring substituents is 1. The largest absolute Gasteiger partial charge is 0.323 e. The minimum atomic E-state index is -0.874. The van der Waals surface area contributed by atoms with Crippen molar-refractivity contribution in [3.05, 3.63) is 50.7 Å². The molecule has 0 aliphatic heterocycles. The highest BCUT2D eigenvalue weighted by atomic mass is 79.9. The molecule has 0 aliphatic rings. The number of carbonyl (C=O) groups excluding carboxylic acids is 1. The van der Waals surface area contributed by atoms with Gasteiger partial charge in [-0.25, -0.2) is 0 Å². The van der Waals surface area contributed by atoms with Crippen molar-refractivity contribution < 1.29 is 9.72 Å². The molecule has 0 aliphatic carbocycles. The van der Waals surface area contributed by atoms with Crippen LogP contribution in [0.3, 0.4) is 0 Å². The molecule has 1 unspecified atom stereocenters. The number of anilines is 1. The first kappa shape index (κ1) is 15.1. The Bertz CT molecular complexity index is 700. The van der Waals surface area contributed by atoms with E-state index >= 15 is 0 Å². The number of nitro groups is 1. The molecule has 2 rings (SSSR count). The number of benzene rings is 1. The molecule has 21 heavy (non-hydrogen) atoms. The molecule has 0 saturated heterocycles. The Morgan fingerprint density at radius 3 is 2.81 bits per heavy atom. The number of hydrogen-bond donors (Lipinski definition) is 2. The number of aryl methyl sites for hydroxylation is 1. The highest BCUT2D eigenvalue weighted by molar-refractivity contribution is 9.10. The lowest BCUT2D eigenvalue weighted by molar-refractivity contribution is -0.384. The number of halogens is 1. The van der Waals surface area contributed by atoms with Crippen LogP contribution < -0.4 is 11.1 Å². The number of amides is 1. The number of nitrogens with two attached hydrogens (primary N) is 1. The van der Waals surface area contributed by atoms with Gasteiger partial charge in [0.2, 0.25) is 5.91 Å². The van der Waals surface area contributed by atoms with E-state index in [2.05, 4.69) is 26.3 Å². The molecule has 0 bridgehead atoms. The lowest BCUT2D eigenvalue weighted by atomic mass is 10.1. The number of aromatic nitrogens is 2. The molecular formula is C12H12BrN5O3. The molecule has 110 valence electrons. The topological polar surface area (TPSA) is 116 Å². The van der Waals surface area contributed by atoms with Gasteiger partial charge in [0, 0.05) is 35.4 Å². The van der Waals surface area contributed by atoms with Gasteiger partial charge in [0.25, 0.3) is 5.69 Å². The molecule has 1 aromatic heterocycles. The summed E-state index contributed by atoms with van der Waals surface area (Å²) >= 11 is 3.18. The highest BCUT2D eigenvalue weighted by Gasteiger charge is 2.19. The first-order valence-corrected chi connectivity index (χ1v) is 6.66. The van der Waals surface area contributed by atoms with E-state index < -0.39 is 16.9 Å². The Morgan fingerprint density at radius 1 is 1.57 bits per heavy atom. The van der Waals surface area contributed by atoms with E-state index in [1.807, 2.05) is 0 Å². The molecule has 1 heterocycles. The van der Waals surface area contributed by atoms with E-state index in [0.717, 1.165) is 0 Å². The fourth-order valence-corrected chi connectivity index (χ4v) is 2.15. The van der Waals surface area contributed by atoms with E-state index in [4.69, 9.17) is 5.73 Å². The van der Waals surface area contributed by atoms with Crippen molar-refractivity contribution >= 4 is 33.2 Å². The molecule has 0 radical (unpaired) electrons. The molecule has 1 aromatic carbocycles. The summed E-state index contributed by atoms with van der Waals surface area (Å²) in [5.41, 5.74) is 6.75. The van der Waals surface area contributed by atoms with Crippen molar-refractivity contribution in [2.45, 2.75) is 6.04 Å². The maximum absolute atomic E-state index is 12.1. The van der Waals surface area contributed by atoms with Crippen LogP contribution in [0, 0.1) is 10.1 Å². The standard InChI is InChI=1S/C12H12BrN5O3/c1-17-6-7(5-15-17)11(14)12(19)16-10-3-2-8(18(20)21)4-9(10)13/h2-6,11H,14H2,1H3,(H,16,19). The van der Waals surface area contributed by atoms with Gasteiger partial charge >= 0.3 is 0 Å². The minimum absolute atomic E-state index is 0.0727. The maximum atomic E-state index is 12.1. The molecule has 0 saturated carbocycles. The second kappa shape index (κ2) is 6.02. The van der Waals surface area contributed by atoms with Crippen LogP contribution in [-0.4, -0.2) is 20.6 Å². The molecule has 9 heteroatoms. The normalized spacial score (nSPS) is 12.0. The molecule has 2 aromatic rings. The summed E-state index contributed by atoms with van der Waals surface area (Å²) in [5.74, 6) is -0.433. The van der Waals surface area contributed by atoms with Gasteiger partial charge in [0.1, 0.15) is 6.04 Å².